The fraction of sp³-hybridized carbons (Fsp3) is 0.625. The molecule has 0 aliphatic carbocycles. The minimum atomic E-state index is -0.427. The highest BCUT2D eigenvalue weighted by Gasteiger charge is 1.90. The lowest BCUT2D eigenvalue weighted by Crippen LogP contribution is -1.99. The second kappa shape index (κ2) is 7.49. The minimum absolute atomic E-state index is 0.397. The van der Waals surface area contributed by atoms with Crippen molar-refractivity contribution in [1.29, 1.82) is 0 Å². The van der Waals surface area contributed by atoms with Gasteiger partial charge in [0.15, 0.2) is 0 Å². The molecule has 0 amide bonds. The van der Waals surface area contributed by atoms with Crippen LogP contribution in [0.5, 0.6) is 0 Å². The summed E-state index contributed by atoms with van der Waals surface area (Å²) in [7, 11) is 0. The van der Waals surface area contributed by atoms with Crippen molar-refractivity contribution >= 4 is 17.7 Å². The predicted molar refractivity (Wildman–Crippen MR) is 47.4 cm³/mol. The number of hydrogen-bond acceptors (Lipinski definition) is 3. The Kier molecular flexibility index (Phi) is 7.06. The van der Waals surface area contributed by atoms with Gasteiger partial charge in [-0.1, -0.05) is 12.8 Å². The summed E-state index contributed by atoms with van der Waals surface area (Å²) in [5.41, 5.74) is 0. The maximum Gasteiger partial charge on any atom is 0.384 e. The Labute approximate surface area is 71.7 Å². The van der Waals surface area contributed by atoms with E-state index in [0.29, 0.717) is 12.4 Å². The smallest absolute Gasteiger partial charge is 0.384 e. The van der Waals surface area contributed by atoms with E-state index in [9.17, 15) is 4.79 Å². The Morgan fingerprint density at radius 1 is 1.55 bits per heavy atom. The van der Waals surface area contributed by atoms with Crippen molar-refractivity contribution in [2.45, 2.75) is 13.8 Å². The van der Waals surface area contributed by atoms with Crippen molar-refractivity contribution in [3.05, 3.63) is 0 Å². The van der Waals surface area contributed by atoms with E-state index in [1.165, 1.54) is 0 Å². The highest BCUT2D eigenvalue weighted by atomic mass is 32.2. The molecule has 0 spiro atoms. The summed E-state index contributed by atoms with van der Waals surface area (Å²) in [5.74, 6) is 6.40. The largest absolute Gasteiger partial charge is 0.456 e. The number of carbonyl (C=O) groups is 1. The van der Waals surface area contributed by atoms with Crippen LogP contribution >= 0.6 is 11.8 Å². The molecule has 11 heavy (non-hydrogen) atoms. The first-order valence-electron chi connectivity index (χ1n) is 3.54. The molecule has 2 nitrogen and oxygen atoms in total. The quantitative estimate of drug-likeness (QED) is 0.278. The van der Waals surface area contributed by atoms with Gasteiger partial charge >= 0.3 is 5.97 Å². The zero-order chi connectivity index (χ0) is 8.53. The van der Waals surface area contributed by atoms with Gasteiger partial charge in [-0.2, -0.15) is 0 Å². The second-order valence-corrected chi connectivity index (χ2v) is 2.93. The Morgan fingerprint density at radius 2 is 2.27 bits per heavy atom. The van der Waals surface area contributed by atoms with Crippen LogP contribution in [-0.4, -0.2) is 24.1 Å². The maximum atomic E-state index is 10.6. The van der Waals surface area contributed by atoms with E-state index in [4.69, 9.17) is 0 Å². The molecular formula is C8H12O2S. The minimum Gasteiger partial charge on any atom is -0.456 e. The lowest BCUT2D eigenvalue weighted by atomic mass is 10.6. The SMILES string of the molecule is CCOC(=O)C#CCSCC. The highest BCUT2D eigenvalue weighted by Crippen LogP contribution is 1.94. The molecular weight excluding hydrogens is 160 g/mol. The zero-order valence-electron chi connectivity index (χ0n) is 6.85. The third-order valence-electron chi connectivity index (χ3n) is 0.844. The third kappa shape index (κ3) is 7.27. The van der Waals surface area contributed by atoms with Crippen molar-refractivity contribution in [1.82, 2.24) is 0 Å². The van der Waals surface area contributed by atoms with Crippen LogP contribution in [0, 0.1) is 11.8 Å². The molecule has 0 unspecified atom stereocenters. The van der Waals surface area contributed by atoms with Crippen LogP contribution in [0.1, 0.15) is 13.8 Å². The summed E-state index contributed by atoms with van der Waals surface area (Å²) >= 11 is 1.69. The number of thioether (sulfide) groups is 1. The van der Waals surface area contributed by atoms with Crippen LogP contribution in [-0.2, 0) is 9.53 Å². The van der Waals surface area contributed by atoms with E-state index < -0.39 is 5.97 Å². The van der Waals surface area contributed by atoms with Crippen molar-refractivity contribution in [2.24, 2.45) is 0 Å². The average molecular weight is 172 g/mol. The standard InChI is InChI=1S/C8H12O2S/c1-3-10-8(9)6-5-7-11-4-2/h3-4,7H2,1-2H3. The molecule has 0 fully saturated rings. The monoisotopic (exact) mass is 172 g/mol. The van der Waals surface area contributed by atoms with Gasteiger partial charge in [-0.15, -0.1) is 11.8 Å². The molecule has 0 saturated heterocycles. The van der Waals surface area contributed by atoms with Gasteiger partial charge in [0.25, 0.3) is 0 Å². The number of ether oxygens (including phenoxy) is 1. The molecule has 0 bridgehead atoms. The Bertz CT molecular complexity index is 167. The molecule has 0 aliphatic rings. The number of hydrogen-bond donors (Lipinski definition) is 0. The van der Waals surface area contributed by atoms with Crippen LogP contribution in [0.25, 0.3) is 0 Å². The molecule has 0 N–H and O–H groups in total. The van der Waals surface area contributed by atoms with Gasteiger partial charge < -0.3 is 4.74 Å². The van der Waals surface area contributed by atoms with Gasteiger partial charge in [0, 0.05) is 5.92 Å². The predicted octanol–water partition coefficient (Wildman–Crippen LogP) is 1.31. The van der Waals surface area contributed by atoms with Crippen LogP contribution in [0.2, 0.25) is 0 Å². The summed E-state index contributed by atoms with van der Waals surface area (Å²) in [6, 6.07) is 0. The molecule has 62 valence electrons. The normalized spacial score (nSPS) is 8.18. The lowest BCUT2D eigenvalue weighted by molar-refractivity contribution is -0.136. The molecule has 0 saturated carbocycles. The second-order valence-electron chi connectivity index (χ2n) is 1.66. The molecule has 0 aromatic heterocycles. The van der Waals surface area contributed by atoms with Gasteiger partial charge in [0.1, 0.15) is 0 Å². The van der Waals surface area contributed by atoms with E-state index in [2.05, 4.69) is 23.5 Å². The molecule has 0 aromatic carbocycles. The third-order valence-corrected chi connectivity index (χ3v) is 1.60. The van der Waals surface area contributed by atoms with Gasteiger partial charge in [-0.25, -0.2) is 4.79 Å². The Hall–Kier alpha value is -0.620. The number of carbonyl (C=O) groups excluding carboxylic acids is 1. The Morgan fingerprint density at radius 3 is 2.82 bits per heavy atom. The summed E-state index contributed by atoms with van der Waals surface area (Å²) < 4.78 is 4.60. The molecule has 0 atom stereocenters. The van der Waals surface area contributed by atoms with Crippen LogP contribution in [0.4, 0.5) is 0 Å². The van der Waals surface area contributed by atoms with Crippen molar-refractivity contribution < 1.29 is 9.53 Å². The van der Waals surface area contributed by atoms with E-state index >= 15 is 0 Å². The first-order chi connectivity index (χ1) is 5.31. The van der Waals surface area contributed by atoms with E-state index in [1.54, 1.807) is 18.7 Å². The lowest BCUT2D eigenvalue weighted by Gasteiger charge is -1.90. The van der Waals surface area contributed by atoms with Crippen molar-refractivity contribution in [2.75, 3.05) is 18.1 Å². The fourth-order valence-electron chi connectivity index (χ4n) is 0.429. The van der Waals surface area contributed by atoms with Gasteiger partial charge in [-0.3, -0.25) is 0 Å². The topological polar surface area (TPSA) is 26.3 Å². The van der Waals surface area contributed by atoms with E-state index in [1.807, 2.05) is 0 Å². The molecule has 3 heteroatoms. The number of esters is 1. The summed E-state index contributed by atoms with van der Waals surface area (Å²) in [6.45, 7) is 4.21. The van der Waals surface area contributed by atoms with Crippen molar-refractivity contribution in [3.8, 4) is 11.8 Å². The van der Waals surface area contributed by atoms with E-state index in [-0.39, 0.29) is 0 Å². The van der Waals surface area contributed by atoms with Gasteiger partial charge in [0.05, 0.1) is 12.4 Å². The van der Waals surface area contributed by atoms with Crippen LogP contribution < -0.4 is 0 Å². The van der Waals surface area contributed by atoms with Crippen molar-refractivity contribution in [3.63, 3.8) is 0 Å². The van der Waals surface area contributed by atoms with Crippen LogP contribution in [0.15, 0.2) is 0 Å². The summed E-state index contributed by atoms with van der Waals surface area (Å²) in [5, 5.41) is 0. The van der Waals surface area contributed by atoms with Gasteiger partial charge in [-0.05, 0) is 12.7 Å². The molecule has 0 aliphatic heterocycles. The summed E-state index contributed by atoms with van der Waals surface area (Å²) in [4.78, 5) is 10.6. The Balaban J connectivity index is 3.43. The zero-order valence-corrected chi connectivity index (χ0v) is 7.66. The first-order valence-corrected chi connectivity index (χ1v) is 4.70. The fourth-order valence-corrected chi connectivity index (χ4v) is 0.807. The van der Waals surface area contributed by atoms with Gasteiger partial charge in [0.2, 0.25) is 0 Å². The number of rotatable bonds is 3. The van der Waals surface area contributed by atoms with Crippen LogP contribution in [0.3, 0.4) is 0 Å². The van der Waals surface area contributed by atoms with E-state index in [0.717, 1.165) is 5.75 Å². The molecule has 0 heterocycles. The molecule has 0 aromatic rings. The molecule has 0 rings (SSSR count). The molecule has 0 radical (unpaired) electrons. The average Bonchev–Trinajstić information content (AvgIpc) is 1.99. The maximum absolute atomic E-state index is 10.6. The summed E-state index contributed by atoms with van der Waals surface area (Å²) in [6.07, 6.45) is 0. The highest BCUT2D eigenvalue weighted by molar-refractivity contribution is 7.99. The first kappa shape index (κ1) is 10.4.